The Morgan fingerprint density at radius 1 is 0.852 bits per heavy atom. The van der Waals surface area contributed by atoms with Crippen LogP contribution in [-0.4, -0.2) is 24.3 Å². The van der Waals surface area contributed by atoms with E-state index in [2.05, 4.69) is 5.32 Å². The van der Waals surface area contributed by atoms with Crippen LogP contribution in [0.1, 0.15) is 23.2 Å². The normalized spacial score (nSPS) is 10.4. The second-order valence-electron chi connectivity index (χ2n) is 5.38. The first-order chi connectivity index (χ1) is 12.8. The molecule has 0 aliphatic rings. The first-order valence-corrected chi connectivity index (χ1v) is 9.16. The highest BCUT2D eigenvalue weighted by molar-refractivity contribution is 6.42. The van der Waals surface area contributed by atoms with Crippen molar-refractivity contribution in [2.24, 2.45) is 0 Å². The smallest absolute Gasteiger partial charge is 0.306 e. The maximum atomic E-state index is 12.0. The Morgan fingerprint density at radius 2 is 1.44 bits per heavy atom. The maximum absolute atomic E-state index is 12.0. The molecular weight excluding hydrogens is 436 g/mol. The van der Waals surface area contributed by atoms with Gasteiger partial charge in [-0.1, -0.05) is 46.4 Å². The predicted octanol–water partition coefficient (Wildman–Crippen LogP) is 5.45. The SMILES string of the molecule is O=C(COC(=O)CCC(=O)c1ccc(Cl)cc1)Nc1c(Cl)cc(Cl)cc1Cl. The zero-order valence-corrected chi connectivity index (χ0v) is 16.8. The van der Waals surface area contributed by atoms with E-state index in [1.54, 1.807) is 24.3 Å². The average Bonchev–Trinajstić information content (AvgIpc) is 2.61. The molecular formula is C18H13Cl4NO4. The first-order valence-electron chi connectivity index (χ1n) is 7.65. The summed E-state index contributed by atoms with van der Waals surface area (Å²) in [6.07, 6.45) is -0.200. The highest BCUT2D eigenvalue weighted by atomic mass is 35.5. The molecule has 2 aromatic rings. The number of hydrogen-bond donors (Lipinski definition) is 1. The fraction of sp³-hybridized carbons (Fsp3) is 0.167. The largest absolute Gasteiger partial charge is 0.456 e. The van der Waals surface area contributed by atoms with Crippen LogP contribution in [0.15, 0.2) is 36.4 Å². The van der Waals surface area contributed by atoms with E-state index >= 15 is 0 Å². The molecule has 0 atom stereocenters. The molecule has 2 rings (SSSR count). The van der Waals surface area contributed by atoms with Crippen molar-refractivity contribution in [1.29, 1.82) is 0 Å². The molecule has 0 bridgehead atoms. The summed E-state index contributed by atoms with van der Waals surface area (Å²) in [5.74, 6) is -1.54. The van der Waals surface area contributed by atoms with Crippen LogP contribution in [0, 0.1) is 0 Å². The van der Waals surface area contributed by atoms with Gasteiger partial charge in [-0.15, -0.1) is 0 Å². The fourth-order valence-corrected chi connectivity index (χ4v) is 3.09. The van der Waals surface area contributed by atoms with Crippen molar-refractivity contribution in [3.05, 3.63) is 62.1 Å². The summed E-state index contributed by atoms with van der Waals surface area (Å²) in [6, 6.07) is 9.15. The molecule has 1 N–H and O–H groups in total. The number of amides is 1. The minimum Gasteiger partial charge on any atom is -0.456 e. The van der Waals surface area contributed by atoms with Crippen LogP contribution in [0.25, 0.3) is 0 Å². The Kier molecular flexibility index (Phi) is 7.92. The lowest BCUT2D eigenvalue weighted by atomic mass is 10.1. The minimum atomic E-state index is -0.680. The molecule has 0 aromatic heterocycles. The predicted molar refractivity (Wildman–Crippen MR) is 106 cm³/mol. The van der Waals surface area contributed by atoms with Crippen molar-refractivity contribution < 1.29 is 19.1 Å². The molecule has 0 heterocycles. The Labute approximate surface area is 175 Å². The van der Waals surface area contributed by atoms with Crippen LogP contribution in [0.5, 0.6) is 0 Å². The zero-order chi connectivity index (χ0) is 20.0. The summed E-state index contributed by atoms with van der Waals surface area (Å²) >= 11 is 23.5. The highest BCUT2D eigenvalue weighted by Gasteiger charge is 2.14. The molecule has 0 radical (unpaired) electrons. The van der Waals surface area contributed by atoms with E-state index in [1.807, 2.05) is 0 Å². The molecule has 142 valence electrons. The van der Waals surface area contributed by atoms with Gasteiger partial charge in [0.05, 0.1) is 22.2 Å². The summed E-state index contributed by atoms with van der Waals surface area (Å²) in [5.41, 5.74) is 0.610. The van der Waals surface area contributed by atoms with Crippen molar-refractivity contribution in [1.82, 2.24) is 0 Å². The molecule has 0 saturated heterocycles. The van der Waals surface area contributed by atoms with E-state index in [0.717, 1.165) is 0 Å². The third kappa shape index (κ3) is 6.70. The van der Waals surface area contributed by atoms with Gasteiger partial charge in [0, 0.05) is 22.0 Å². The van der Waals surface area contributed by atoms with Gasteiger partial charge in [-0.3, -0.25) is 14.4 Å². The molecule has 1 amide bonds. The first kappa shape index (κ1) is 21.5. The van der Waals surface area contributed by atoms with Gasteiger partial charge in [0.15, 0.2) is 12.4 Å². The number of esters is 1. The summed E-state index contributed by atoms with van der Waals surface area (Å²) in [5, 5.41) is 3.58. The second-order valence-corrected chi connectivity index (χ2v) is 7.07. The van der Waals surface area contributed by atoms with Gasteiger partial charge in [-0.2, -0.15) is 0 Å². The summed E-state index contributed by atoms with van der Waals surface area (Å²) in [7, 11) is 0. The minimum absolute atomic E-state index is 0.0447. The van der Waals surface area contributed by atoms with Gasteiger partial charge in [0.1, 0.15) is 0 Å². The molecule has 2 aromatic carbocycles. The molecule has 0 aliphatic heterocycles. The number of halogens is 4. The lowest BCUT2D eigenvalue weighted by molar-refractivity contribution is -0.147. The van der Waals surface area contributed by atoms with Gasteiger partial charge in [-0.05, 0) is 36.4 Å². The number of anilines is 1. The van der Waals surface area contributed by atoms with Crippen LogP contribution in [0.2, 0.25) is 20.1 Å². The Morgan fingerprint density at radius 3 is 2.04 bits per heavy atom. The molecule has 5 nitrogen and oxygen atoms in total. The third-order valence-electron chi connectivity index (χ3n) is 3.36. The number of rotatable bonds is 7. The number of benzene rings is 2. The van der Waals surface area contributed by atoms with Crippen molar-refractivity contribution in [2.45, 2.75) is 12.8 Å². The topological polar surface area (TPSA) is 72.5 Å². The van der Waals surface area contributed by atoms with Crippen LogP contribution in [0.3, 0.4) is 0 Å². The third-order valence-corrected chi connectivity index (χ3v) is 4.42. The standard InChI is InChI=1S/C18H13Cl4NO4/c19-11-3-1-10(2-4-11)15(24)5-6-17(26)27-9-16(25)23-18-13(21)7-12(20)8-14(18)22/h1-4,7-8H,5-6,9H2,(H,23,25). The average molecular weight is 449 g/mol. The van der Waals surface area contributed by atoms with Crippen molar-refractivity contribution in [2.75, 3.05) is 11.9 Å². The molecule has 27 heavy (non-hydrogen) atoms. The van der Waals surface area contributed by atoms with Crippen molar-refractivity contribution in [3.8, 4) is 0 Å². The van der Waals surface area contributed by atoms with Gasteiger partial charge in [0.2, 0.25) is 0 Å². The van der Waals surface area contributed by atoms with Gasteiger partial charge in [-0.25, -0.2) is 0 Å². The number of carbonyl (C=O) groups excluding carboxylic acids is 3. The summed E-state index contributed by atoms with van der Waals surface area (Å²) in [6.45, 7) is -0.538. The van der Waals surface area contributed by atoms with E-state index in [0.29, 0.717) is 15.6 Å². The van der Waals surface area contributed by atoms with Crippen molar-refractivity contribution >= 4 is 69.8 Å². The van der Waals surface area contributed by atoms with E-state index in [-0.39, 0.29) is 34.4 Å². The van der Waals surface area contributed by atoms with E-state index in [4.69, 9.17) is 51.1 Å². The number of Topliss-reactive ketones (excluding diaryl/α,β-unsaturated/α-hetero) is 1. The Balaban J connectivity index is 1.79. The van der Waals surface area contributed by atoms with Crippen LogP contribution in [-0.2, 0) is 14.3 Å². The lowest BCUT2D eigenvalue weighted by Gasteiger charge is -2.10. The number of hydrogen-bond acceptors (Lipinski definition) is 4. The van der Waals surface area contributed by atoms with Gasteiger partial charge < -0.3 is 10.1 Å². The molecule has 0 aliphatic carbocycles. The zero-order valence-electron chi connectivity index (χ0n) is 13.7. The molecule has 0 spiro atoms. The molecule has 0 unspecified atom stereocenters. The van der Waals surface area contributed by atoms with Crippen molar-refractivity contribution in [3.63, 3.8) is 0 Å². The second kappa shape index (κ2) is 9.95. The van der Waals surface area contributed by atoms with E-state index < -0.39 is 18.5 Å². The molecule has 0 saturated carbocycles. The monoisotopic (exact) mass is 447 g/mol. The lowest BCUT2D eigenvalue weighted by Crippen LogP contribution is -2.21. The highest BCUT2D eigenvalue weighted by Crippen LogP contribution is 2.33. The summed E-state index contributed by atoms with van der Waals surface area (Å²) in [4.78, 5) is 35.6. The van der Waals surface area contributed by atoms with Gasteiger partial charge >= 0.3 is 5.97 Å². The van der Waals surface area contributed by atoms with Gasteiger partial charge in [0.25, 0.3) is 5.91 Å². The molecule has 0 fully saturated rings. The molecule has 9 heteroatoms. The number of carbonyl (C=O) groups is 3. The van der Waals surface area contributed by atoms with Crippen LogP contribution < -0.4 is 5.32 Å². The number of ketones is 1. The Bertz CT molecular complexity index is 845. The Hall–Kier alpha value is -1.79. The van der Waals surface area contributed by atoms with Crippen LogP contribution >= 0.6 is 46.4 Å². The number of ether oxygens (including phenoxy) is 1. The summed E-state index contributed by atoms with van der Waals surface area (Å²) < 4.78 is 4.85. The fourth-order valence-electron chi connectivity index (χ4n) is 2.05. The quantitative estimate of drug-likeness (QED) is 0.451. The number of nitrogens with one attached hydrogen (secondary N) is 1. The maximum Gasteiger partial charge on any atom is 0.306 e. The van der Waals surface area contributed by atoms with E-state index in [9.17, 15) is 14.4 Å². The van der Waals surface area contributed by atoms with Crippen LogP contribution in [0.4, 0.5) is 5.69 Å². The van der Waals surface area contributed by atoms with E-state index in [1.165, 1.54) is 12.1 Å².